The highest BCUT2D eigenvalue weighted by molar-refractivity contribution is 9.10. The minimum absolute atomic E-state index is 0.628. The summed E-state index contributed by atoms with van der Waals surface area (Å²) in [6.07, 6.45) is 8.04. The second kappa shape index (κ2) is 5.02. The van der Waals surface area contributed by atoms with Crippen molar-refractivity contribution < 1.29 is 4.74 Å². The second-order valence-electron chi connectivity index (χ2n) is 4.98. The number of nitrogens with one attached hydrogen (secondary N) is 1. The average Bonchev–Trinajstić information content (AvgIpc) is 2.83. The van der Waals surface area contributed by atoms with Gasteiger partial charge < -0.3 is 10.1 Å². The Morgan fingerprint density at radius 2 is 2.39 bits per heavy atom. The highest BCUT2D eigenvalue weighted by Gasteiger charge is 2.30. The predicted octanol–water partition coefficient (Wildman–Crippen LogP) is 3.01. The largest absolute Gasteiger partial charge is 0.494 e. The van der Waals surface area contributed by atoms with E-state index < -0.39 is 0 Å². The first-order chi connectivity index (χ1) is 8.78. The number of pyridine rings is 1. The quantitative estimate of drug-likeness (QED) is 0.853. The molecule has 1 aromatic rings. The maximum absolute atomic E-state index is 5.31. The Morgan fingerprint density at radius 3 is 3.17 bits per heavy atom. The lowest BCUT2D eigenvalue weighted by atomic mass is 9.94. The van der Waals surface area contributed by atoms with Gasteiger partial charge in [-0.3, -0.25) is 0 Å². The zero-order valence-electron chi connectivity index (χ0n) is 10.4. The zero-order valence-corrected chi connectivity index (χ0v) is 12.0. The fourth-order valence-electron chi connectivity index (χ4n) is 2.92. The van der Waals surface area contributed by atoms with Crippen molar-refractivity contribution in [2.45, 2.75) is 25.3 Å². The summed E-state index contributed by atoms with van der Waals surface area (Å²) in [5.74, 6) is 1.50. The summed E-state index contributed by atoms with van der Waals surface area (Å²) >= 11 is 3.39. The third-order valence-electron chi connectivity index (χ3n) is 3.89. The molecule has 0 spiro atoms. The molecule has 18 heavy (non-hydrogen) atoms. The van der Waals surface area contributed by atoms with E-state index in [4.69, 9.17) is 4.74 Å². The molecule has 96 valence electrons. The van der Waals surface area contributed by atoms with Gasteiger partial charge in [-0.15, -0.1) is 0 Å². The zero-order chi connectivity index (χ0) is 12.5. The van der Waals surface area contributed by atoms with E-state index in [2.05, 4.69) is 38.4 Å². The van der Waals surface area contributed by atoms with Gasteiger partial charge in [-0.2, -0.15) is 0 Å². The lowest BCUT2D eigenvalue weighted by molar-refractivity contribution is 0.348. The predicted molar refractivity (Wildman–Crippen MR) is 75.6 cm³/mol. The number of ether oxygens (including phenoxy) is 1. The molecule has 2 heterocycles. The molecule has 0 unspecified atom stereocenters. The average molecular weight is 309 g/mol. The van der Waals surface area contributed by atoms with Gasteiger partial charge in [0.05, 0.1) is 7.11 Å². The molecule has 1 N–H and O–H groups in total. The summed E-state index contributed by atoms with van der Waals surface area (Å²) < 4.78 is 6.08. The SMILES string of the molecule is COc1cc(C2=C[C@H]3CCCN[C@H]3C2)cnc1Br. The van der Waals surface area contributed by atoms with Gasteiger partial charge in [0, 0.05) is 12.2 Å². The van der Waals surface area contributed by atoms with E-state index in [-0.39, 0.29) is 0 Å². The maximum atomic E-state index is 5.31. The van der Waals surface area contributed by atoms with Crippen LogP contribution in [0.4, 0.5) is 0 Å². The molecular weight excluding hydrogens is 292 g/mol. The van der Waals surface area contributed by atoms with Crippen molar-refractivity contribution in [3.8, 4) is 5.75 Å². The maximum Gasteiger partial charge on any atom is 0.152 e. The van der Waals surface area contributed by atoms with Gasteiger partial charge in [0.2, 0.25) is 0 Å². The van der Waals surface area contributed by atoms with E-state index >= 15 is 0 Å². The van der Waals surface area contributed by atoms with Gasteiger partial charge >= 0.3 is 0 Å². The summed E-state index contributed by atoms with van der Waals surface area (Å²) in [6, 6.07) is 2.70. The van der Waals surface area contributed by atoms with E-state index in [1.165, 1.54) is 24.0 Å². The number of fused-ring (bicyclic) bond motifs is 1. The Morgan fingerprint density at radius 1 is 1.50 bits per heavy atom. The van der Waals surface area contributed by atoms with Gasteiger partial charge in [0.15, 0.2) is 5.75 Å². The monoisotopic (exact) mass is 308 g/mol. The molecule has 1 fully saturated rings. The van der Waals surface area contributed by atoms with Crippen molar-refractivity contribution in [3.05, 3.63) is 28.5 Å². The summed E-state index contributed by atoms with van der Waals surface area (Å²) in [4.78, 5) is 4.34. The molecule has 1 aromatic heterocycles. The van der Waals surface area contributed by atoms with Crippen LogP contribution in [0.15, 0.2) is 22.9 Å². The normalized spacial score (nSPS) is 26.7. The first kappa shape index (κ1) is 12.2. The second-order valence-corrected chi connectivity index (χ2v) is 5.73. The van der Waals surface area contributed by atoms with Crippen LogP contribution in [0.3, 0.4) is 0 Å². The van der Waals surface area contributed by atoms with Crippen LogP contribution in [0.25, 0.3) is 5.57 Å². The van der Waals surface area contributed by atoms with Gasteiger partial charge in [-0.05, 0) is 64.9 Å². The molecule has 0 bridgehead atoms. The lowest BCUT2D eigenvalue weighted by Crippen LogP contribution is -2.37. The van der Waals surface area contributed by atoms with Crippen molar-refractivity contribution in [1.82, 2.24) is 10.3 Å². The number of rotatable bonds is 2. The summed E-state index contributed by atoms with van der Waals surface area (Å²) in [7, 11) is 1.68. The minimum atomic E-state index is 0.628. The van der Waals surface area contributed by atoms with Crippen LogP contribution in [0.5, 0.6) is 5.75 Å². The molecule has 2 aliphatic rings. The molecule has 0 aromatic carbocycles. The van der Waals surface area contributed by atoms with Crippen LogP contribution in [-0.4, -0.2) is 24.7 Å². The van der Waals surface area contributed by atoms with Gasteiger partial charge in [-0.25, -0.2) is 4.98 Å². The van der Waals surface area contributed by atoms with Crippen LogP contribution in [0.2, 0.25) is 0 Å². The number of halogens is 1. The van der Waals surface area contributed by atoms with Crippen molar-refractivity contribution in [1.29, 1.82) is 0 Å². The highest BCUT2D eigenvalue weighted by atomic mass is 79.9. The number of methoxy groups -OCH3 is 1. The molecule has 0 saturated carbocycles. The summed E-state index contributed by atoms with van der Waals surface area (Å²) in [6.45, 7) is 1.16. The Bertz CT molecular complexity index is 487. The fourth-order valence-corrected chi connectivity index (χ4v) is 3.30. The van der Waals surface area contributed by atoms with E-state index in [1.54, 1.807) is 7.11 Å². The summed E-state index contributed by atoms with van der Waals surface area (Å²) in [5.41, 5.74) is 2.59. The standard InChI is InChI=1S/C14H17BrN2O/c1-18-13-7-11(8-17-14(13)15)10-5-9-3-2-4-16-12(9)6-10/h5,7-9,12,16H,2-4,6H2,1H3/t9-,12+/m1/s1. The molecule has 0 radical (unpaired) electrons. The minimum Gasteiger partial charge on any atom is -0.494 e. The number of aromatic nitrogens is 1. The Kier molecular flexibility index (Phi) is 3.39. The molecule has 1 saturated heterocycles. The lowest BCUT2D eigenvalue weighted by Gasteiger charge is -2.25. The Labute approximate surface area is 116 Å². The number of hydrogen-bond donors (Lipinski definition) is 1. The summed E-state index contributed by atoms with van der Waals surface area (Å²) in [5, 5.41) is 3.61. The Balaban J connectivity index is 1.87. The van der Waals surface area contributed by atoms with Gasteiger partial charge in [0.25, 0.3) is 0 Å². The highest BCUT2D eigenvalue weighted by Crippen LogP contribution is 2.37. The van der Waals surface area contributed by atoms with Crippen molar-refractivity contribution >= 4 is 21.5 Å². The number of hydrogen-bond acceptors (Lipinski definition) is 3. The smallest absolute Gasteiger partial charge is 0.152 e. The first-order valence-electron chi connectivity index (χ1n) is 6.42. The van der Waals surface area contributed by atoms with Gasteiger partial charge in [-0.1, -0.05) is 6.08 Å². The molecule has 1 aliphatic heterocycles. The van der Waals surface area contributed by atoms with Crippen LogP contribution in [-0.2, 0) is 0 Å². The van der Waals surface area contributed by atoms with Crippen LogP contribution in [0, 0.1) is 5.92 Å². The van der Waals surface area contributed by atoms with Crippen LogP contribution < -0.4 is 10.1 Å². The fraction of sp³-hybridized carbons (Fsp3) is 0.500. The van der Waals surface area contributed by atoms with Crippen molar-refractivity contribution in [2.24, 2.45) is 5.92 Å². The first-order valence-corrected chi connectivity index (χ1v) is 7.21. The molecular formula is C14H17BrN2O. The molecule has 0 amide bonds. The Hall–Kier alpha value is -0.870. The third-order valence-corrected chi connectivity index (χ3v) is 4.49. The molecule has 4 heteroatoms. The third kappa shape index (κ3) is 2.19. The topological polar surface area (TPSA) is 34.1 Å². The van der Waals surface area contributed by atoms with Gasteiger partial charge in [0.1, 0.15) is 4.60 Å². The van der Waals surface area contributed by atoms with E-state index in [0.717, 1.165) is 23.3 Å². The number of nitrogens with zero attached hydrogens (tertiary/aromatic N) is 1. The molecule has 3 rings (SSSR count). The van der Waals surface area contributed by atoms with E-state index in [9.17, 15) is 0 Å². The molecule has 3 nitrogen and oxygen atoms in total. The molecule has 1 aliphatic carbocycles. The van der Waals surface area contributed by atoms with E-state index in [0.29, 0.717) is 12.0 Å². The van der Waals surface area contributed by atoms with Crippen molar-refractivity contribution in [2.75, 3.05) is 13.7 Å². The molecule has 2 atom stereocenters. The number of piperidine rings is 1. The van der Waals surface area contributed by atoms with Crippen LogP contribution >= 0.6 is 15.9 Å². The van der Waals surface area contributed by atoms with Crippen molar-refractivity contribution in [3.63, 3.8) is 0 Å². The van der Waals surface area contributed by atoms with E-state index in [1.807, 2.05) is 6.20 Å². The van der Waals surface area contributed by atoms with Crippen LogP contribution in [0.1, 0.15) is 24.8 Å².